The van der Waals surface area contributed by atoms with E-state index in [-0.39, 0.29) is 23.3 Å². The molecule has 1 aliphatic rings. The van der Waals surface area contributed by atoms with E-state index < -0.39 is 10.0 Å². The van der Waals surface area contributed by atoms with Gasteiger partial charge in [0.05, 0.1) is 5.69 Å². The van der Waals surface area contributed by atoms with Crippen molar-refractivity contribution in [1.82, 2.24) is 24.4 Å². The number of hydrogen-bond acceptors (Lipinski definition) is 5. The van der Waals surface area contributed by atoms with Crippen LogP contribution in [0.5, 0.6) is 0 Å². The van der Waals surface area contributed by atoms with Crippen molar-refractivity contribution in [3.63, 3.8) is 0 Å². The van der Waals surface area contributed by atoms with Gasteiger partial charge in [0, 0.05) is 31.7 Å². The van der Waals surface area contributed by atoms with E-state index in [1.54, 1.807) is 24.8 Å². The number of piperidine rings is 1. The second-order valence-corrected chi connectivity index (χ2v) is 7.75. The first-order chi connectivity index (χ1) is 10.4. The van der Waals surface area contributed by atoms with Crippen LogP contribution in [0.3, 0.4) is 0 Å². The van der Waals surface area contributed by atoms with Crippen LogP contribution in [0.4, 0.5) is 0 Å². The van der Waals surface area contributed by atoms with E-state index in [9.17, 15) is 8.42 Å². The van der Waals surface area contributed by atoms with Crippen molar-refractivity contribution in [2.75, 3.05) is 20.1 Å². The maximum atomic E-state index is 12.8. The first-order valence-electron chi connectivity index (χ1n) is 7.39. The minimum absolute atomic E-state index is 0. The topological polar surface area (TPSA) is 80.1 Å². The van der Waals surface area contributed by atoms with Crippen LogP contribution in [0.1, 0.15) is 18.5 Å². The zero-order chi connectivity index (χ0) is 15.9. The molecule has 0 spiro atoms. The molecule has 0 saturated carbocycles. The van der Waals surface area contributed by atoms with E-state index in [0.717, 1.165) is 37.0 Å². The summed E-state index contributed by atoms with van der Waals surface area (Å²) < 4.78 is 28.8. The van der Waals surface area contributed by atoms with Crippen LogP contribution in [0, 0.1) is 6.92 Å². The molecular formula is C14H22ClN5O2S. The van der Waals surface area contributed by atoms with Crippen LogP contribution in [-0.2, 0) is 17.1 Å². The molecule has 3 rings (SSSR count). The smallest absolute Gasteiger partial charge is 0.244 e. The van der Waals surface area contributed by atoms with Crippen molar-refractivity contribution in [2.24, 2.45) is 7.05 Å². The minimum atomic E-state index is -3.53. The molecule has 1 fully saturated rings. The lowest BCUT2D eigenvalue weighted by Crippen LogP contribution is -2.43. The van der Waals surface area contributed by atoms with Crippen LogP contribution in [0.15, 0.2) is 17.2 Å². The van der Waals surface area contributed by atoms with E-state index >= 15 is 0 Å². The zero-order valence-corrected chi connectivity index (χ0v) is 15.1. The number of halogens is 1. The summed E-state index contributed by atoms with van der Waals surface area (Å²) in [5, 5.41) is 8.32. The molecular weight excluding hydrogens is 338 g/mol. The highest BCUT2D eigenvalue weighted by Gasteiger charge is 2.29. The molecule has 0 unspecified atom stereocenters. The van der Waals surface area contributed by atoms with Crippen LogP contribution in [-0.4, -0.2) is 53.7 Å². The quantitative estimate of drug-likeness (QED) is 0.886. The van der Waals surface area contributed by atoms with E-state index in [1.807, 2.05) is 6.92 Å². The molecule has 7 nitrogen and oxygen atoms in total. The Morgan fingerprint density at radius 1 is 1.35 bits per heavy atom. The summed E-state index contributed by atoms with van der Waals surface area (Å²) in [6.45, 7) is 3.56. The van der Waals surface area contributed by atoms with Gasteiger partial charge in [-0.1, -0.05) is 0 Å². The number of sulfonamides is 1. The van der Waals surface area contributed by atoms with Gasteiger partial charge in [0.1, 0.15) is 4.90 Å². The van der Waals surface area contributed by atoms with Crippen molar-refractivity contribution >= 4 is 33.5 Å². The summed E-state index contributed by atoms with van der Waals surface area (Å²) in [6.07, 6.45) is 3.09. The van der Waals surface area contributed by atoms with Crippen LogP contribution >= 0.6 is 12.4 Å². The fourth-order valence-electron chi connectivity index (χ4n) is 2.96. The van der Waals surface area contributed by atoms with Crippen LogP contribution in [0.25, 0.3) is 11.0 Å². The number of aryl methyl sites for hydroxylation is 2. The Labute approximate surface area is 142 Å². The molecule has 0 aromatic carbocycles. The third-order valence-electron chi connectivity index (χ3n) is 4.34. The predicted octanol–water partition coefficient (Wildman–Crippen LogP) is 1.07. The lowest BCUT2D eigenvalue weighted by molar-refractivity contribution is 0.296. The van der Waals surface area contributed by atoms with Gasteiger partial charge in [-0.3, -0.25) is 4.68 Å². The van der Waals surface area contributed by atoms with Gasteiger partial charge in [-0.2, -0.15) is 9.40 Å². The fraction of sp³-hybridized carbons (Fsp3) is 0.571. The standard InChI is InChI=1S/C14H21N5O2S.ClH/c1-10-13-8-12(9-16-14(13)18(2)17-10)22(20,21)19(3)11-4-6-15-7-5-11;/h8-9,11,15H,4-7H2,1-3H3;1H. The summed E-state index contributed by atoms with van der Waals surface area (Å²) in [7, 11) is -0.0700. The zero-order valence-electron chi connectivity index (χ0n) is 13.5. The summed E-state index contributed by atoms with van der Waals surface area (Å²) in [5.74, 6) is 0. The third kappa shape index (κ3) is 3.21. The highest BCUT2D eigenvalue weighted by atomic mass is 35.5. The average molecular weight is 360 g/mol. The third-order valence-corrected chi connectivity index (χ3v) is 6.21. The van der Waals surface area contributed by atoms with Gasteiger partial charge < -0.3 is 5.32 Å². The molecule has 1 saturated heterocycles. The van der Waals surface area contributed by atoms with E-state index in [1.165, 1.54) is 10.5 Å². The van der Waals surface area contributed by atoms with Gasteiger partial charge in [-0.15, -0.1) is 12.4 Å². The highest BCUT2D eigenvalue weighted by molar-refractivity contribution is 7.89. The molecule has 1 aliphatic heterocycles. The lowest BCUT2D eigenvalue weighted by atomic mass is 10.1. The second kappa shape index (κ2) is 6.72. The van der Waals surface area contributed by atoms with Gasteiger partial charge in [0.25, 0.3) is 0 Å². The SMILES string of the molecule is Cc1nn(C)c2ncc(S(=O)(=O)N(C)C3CCNCC3)cc12.Cl. The molecule has 23 heavy (non-hydrogen) atoms. The number of fused-ring (bicyclic) bond motifs is 1. The summed E-state index contributed by atoms with van der Waals surface area (Å²) in [5.41, 5.74) is 1.48. The molecule has 0 atom stereocenters. The van der Waals surface area contributed by atoms with Gasteiger partial charge in [0.2, 0.25) is 10.0 Å². The predicted molar refractivity (Wildman–Crippen MR) is 91.3 cm³/mol. The van der Waals surface area contributed by atoms with Crippen molar-refractivity contribution in [3.05, 3.63) is 18.0 Å². The average Bonchev–Trinajstić information content (AvgIpc) is 2.81. The molecule has 3 heterocycles. The molecule has 128 valence electrons. The lowest BCUT2D eigenvalue weighted by Gasteiger charge is -2.30. The van der Waals surface area contributed by atoms with Gasteiger partial charge >= 0.3 is 0 Å². The maximum Gasteiger partial charge on any atom is 0.244 e. The van der Waals surface area contributed by atoms with Crippen LogP contribution in [0.2, 0.25) is 0 Å². The molecule has 0 radical (unpaired) electrons. The number of nitrogens with one attached hydrogen (secondary N) is 1. The molecule has 0 amide bonds. The number of aromatic nitrogens is 3. The Kier molecular flexibility index (Phi) is 5.30. The Bertz CT molecular complexity index is 799. The molecule has 1 N–H and O–H groups in total. The monoisotopic (exact) mass is 359 g/mol. The fourth-order valence-corrected chi connectivity index (χ4v) is 4.35. The first kappa shape index (κ1) is 18.1. The first-order valence-corrected chi connectivity index (χ1v) is 8.83. The summed E-state index contributed by atoms with van der Waals surface area (Å²) in [6, 6.07) is 1.72. The number of rotatable bonds is 3. The van der Waals surface area contributed by atoms with Gasteiger partial charge in [-0.05, 0) is 38.9 Å². The van der Waals surface area contributed by atoms with Crippen molar-refractivity contribution in [3.8, 4) is 0 Å². The number of nitrogens with zero attached hydrogens (tertiary/aromatic N) is 4. The molecule has 2 aromatic heterocycles. The largest absolute Gasteiger partial charge is 0.317 e. The minimum Gasteiger partial charge on any atom is -0.317 e. The van der Waals surface area contributed by atoms with Crippen molar-refractivity contribution < 1.29 is 8.42 Å². The number of pyridine rings is 1. The molecule has 0 aliphatic carbocycles. The molecule has 9 heteroatoms. The summed E-state index contributed by atoms with van der Waals surface area (Å²) in [4.78, 5) is 4.51. The van der Waals surface area contributed by atoms with Crippen molar-refractivity contribution in [2.45, 2.75) is 30.7 Å². The highest BCUT2D eigenvalue weighted by Crippen LogP contribution is 2.24. The normalized spacial score (nSPS) is 16.7. The maximum absolute atomic E-state index is 12.8. The Balaban J connectivity index is 0.00000192. The molecule has 0 bridgehead atoms. The van der Waals surface area contributed by atoms with Crippen molar-refractivity contribution in [1.29, 1.82) is 0 Å². The Hall–Kier alpha value is -1.22. The number of hydrogen-bond donors (Lipinski definition) is 1. The Morgan fingerprint density at radius 3 is 2.65 bits per heavy atom. The van der Waals surface area contributed by atoms with Gasteiger partial charge in [-0.25, -0.2) is 13.4 Å². The van der Waals surface area contributed by atoms with Gasteiger partial charge in [0.15, 0.2) is 5.65 Å². The van der Waals surface area contributed by atoms with Crippen LogP contribution < -0.4 is 5.32 Å². The summed E-state index contributed by atoms with van der Waals surface area (Å²) >= 11 is 0. The second-order valence-electron chi connectivity index (χ2n) is 5.75. The van der Waals surface area contributed by atoms with E-state index in [0.29, 0.717) is 5.65 Å². The molecule has 2 aromatic rings. The van der Waals surface area contributed by atoms with E-state index in [2.05, 4.69) is 15.4 Å². The Morgan fingerprint density at radius 2 is 2.00 bits per heavy atom. The van der Waals surface area contributed by atoms with E-state index in [4.69, 9.17) is 0 Å².